The predicted molar refractivity (Wildman–Crippen MR) is 120 cm³/mol. The summed E-state index contributed by atoms with van der Waals surface area (Å²) in [7, 11) is 1.57. The molecule has 2 fully saturated rings. The lowest BCUT2D eigenvalue weighted by atomic mass is 9.60. The Kier molecular flexibility index (Phi) is 7.45. The van der Waals surface area contributed by atoms with E-state index in [0.717, 1.165) is 5.57 Å². The summed E-state index contributed by atoms with van der Waals surface area (Å²) in [6.07, 6.45) is 1.08. The van der Waals surface area contributed by atoms with Crippen LogP contribution in [-0.2, 0) is 14.2 Å². The summed E-state index contributed by atoms with van der Waals surface area (Å²) in [6, 6.07) is 5.18. The van der Waals surface area contributed by atoms with Gasteiger partial charge in [0.15, 0.2) is 0 Å². The number of rotatable bonds is 8. The zero-order chi connectivity index (χ0) is 24.4. The number of allylic oxidation sites excluding steroid dienone is 1. The number of epoxide rings is 1. The number of hydrogen-bond acceptors (Lipinski definition) is 8. The van der Waals surface area contributed by atoms with Gasteiger partial charge in [-0.1, -0.05) is 25.5 Å². The van der Waals surface area contributed by atoms with Gasteiger partial charge < -0.3 is 24.1 Å². The molecule has 2 aliphatic rings. The van der Waals surface area contributed by atoms with Gasteiger partial charge >= 0.3 is 6.16 Å². The van der Waals surface area contributed by atoms with E-state index in [1.165, 1.54) is 24.3 Å². The first-order valence-electron chi connectivity index (χ1n) is 11.1. The van der Waals surface area contributed by atoms with Crippen molar-refractivity contribution in [2.75, 3.05) is 13.7 Å². The molecule has 9 heteroatoms. The average Bonchev–Trinajstić information content (AvgIpc) is 3.52. The van der Waals surface area contributed by atoms with Crippen LogP contribution in [0.15, 0.2) is 35.9 Å². The van der Waals surface area contributed by atoms with Crippen LogP contribution in [0.5, 0.6) is 5.75 Å². The van der Waals surface area contributed by atoms with Crippen molar-refractivity contribution >= 4 is 11.8 Å². The Balaban J connectivity index is 1.73. The first-order chi connectivity index (χ1) is 15.5. The third-order valence-corrected chi connectivity index (χ3v) is 6.81. The summed E-state index contributed by atoms with van der Waals surface area (Å²) in [5, 5.41) is 21.8. The lowest BCUT2D eigenvalue weighted by Gasteiger charge is -2.49. The minimum Gasteiger partial charge on any atom is -0.428 e. The molecule has 1 saturated carbocycles. The van der Waals surface area contributed by atoms with Gasteiger partial charge in [-0.3, -0.25) is 10.1 Å². The second-order valence-electron chi connectivity index (χ2n) is 9.68. The summed E-state index contributed by atoms with van der Waals surface area (Å²) in [5.41, 5.74) is 0.0457. The normalized spacial score (nSPS) is 27.5. The molecule has 5 atom stereocenters. The molecule has 1 aliphatic heterocycles. The molecular formula is C24H33NO8. The Morgan fingerprint density at radius 3 is 2.52 bits per heavy atom. The number of aliphatic hydroxyl groups is 1. The van der Waals surface area contributed by atoms with Crippen molar-refractivity contribution in [1.82, 2.24) is 0 Å². The van der Waals surface area contributed by atoms with Gasteiger partial charge in [0.25, 0.3) is 5.69 Å². The Bertz CT molecular complexity index is 886. The molecule has 1 spiro atoms. The Labute approximate surface area is 193 Å². The van der Waals surface area contributed by atoms with E-state index in [1.807, 2.05) is 33.8 Å². The Morgan fingerprint density at radius 1 is 1.36 bits per heavy atom. The van der Waals surface area contributed by atoms with Gasteiger partial charge in [-0.25, -0.2) is 4.79 Å². The van der Waals surface area contributed by atoms with Crippen molar-refractivity contribution in [2.24, 2.45) is 11.3 Å². The molecular weight excluding hydrogens is 430 g/mol. The van der Waals surface area contributed by atoms with E-state index in [4.69, 9.17) is 18.9 Å². The van der Waals surface area contributed by atoms with Crippen molar-refractivity contribution in [1.29, 1.82) is 0 Å². The van der Waals surface area contributed by atoms with Crippen molar-refractivity contribution in [3.05, 3.63) is 46.0 Å². The number of carbonyl (C=O) groups excluding carboxylic acids is 1. The topological polar surface area (TPSA) is 121 Å². The van der Waals surface area contributed by atoms with Crippen LogP contribution >= 0.6 is 0 Å². The smallest absolute Gasteiger partial charge is 0.428 e. The quantitative estimate of drug-likeness (QED) is 0.150. The minimum absolute atomic E-state index is 0.103. The van der Waals surface area contributed by atoms with Crippen LogP contribution in [0.2, 0.25) is 0 Å². The lowest BCUT2D eigenvalue weighted by Crippen LogP contribution is -2.58. The largest absolute Gasteiger partial charge is 0.514 e. The second kappa shape index (κ2) is 9.79. The molecule has 33 heavy (non-hydrogen) atoms. The van der Waals surface area contributed by atoms with E-state index in [2.05, 4.69) is 0 Å². The number of methoxy groups -OCH3 is 1. The third kappa shape index (κ3) is 5.54. The maximum absolute atomic E-state index is 12.5. The number of ether oxygens (including phenoxy) is 4. The number of nitro benzene ring substituents is 1. The standard InChI is InChI=1S/C24H33NO8/c1-15(2)6-11-19(26)23(3,4)21-20(30-5)18(12-13-24(21)14-31-24)33-22(27)32-17-9-7-16(8-10-17)25(28)29/h6-10,18-21,26H,11-14H2,1-5H3/t18-,19-,20-,21-,24?/m1/s1. The monoisotopic (exact) mass is 463 g/mol. The maximum atomic E-state index is 12.5. The van der Waals surface area contributed by atoms with E-state index < -0.39 is 40.4 Å². The number of nitrogens with zero attached hydrogens (tertiary/aromatic N) is 1. The van der Waals surface area contributed by atoms with Crippen LogP contribution in [0.3, 0.4) is 0 Å². The fraction of sp³-hybridized carbons (Fsp3) is 0.625. The maximum Gasteiger partial charge on any atom is 0.514 e. The van der Waals surface area contributed by atoms with Crippen LogP contribution in [0, 0.1) is 21.4 Å². The number of hydrogen-bond donors (Lipinski definition) is 1. The van der Waals surface area contributed by atoms with Gasteiger partial charge in [-0.15, -0.1) is 0 Å². The fourth-order valence-electron chi connectivity index (χ4n) is 4.89. The van der Waals surface area contributed by atoms with Crippen LogP contribution in [0.1, 0.15) is 47.0 Å². The molecule has 0 bridgehead atoms. The highest BCUT2D eigenvalue weighted by Crippen LogP contribution is 2.55. The summed E-state index contributed by atoms with van der Waals surface area (Å²) in [4.78, 5) is 22.7. The minimum atomic E-state index is -0.912. The van der Waals surface area contributed by atoms with Crippen LogP contribution in [-0.4, -0.2) is 53.8 Å². The molecule has 1 aromatic rings. The highest BCUT2D eigenvalue weighted by atomic mass is 16.7. The van der Waals surface area contributed by atoms with E-state index in [0.29, 0.717) is 25.9 Å². The molecule has 1 unspecified atom stereocenters. The molecule has 1 saturated heterocycles. The highest BCUT2D eigenvalue weighted by Gasteiger charge is 2.64. The van der Waals surface area contributed by atoms with Crippen LogP contribution in [0.4, 0.5) is 10.5 Å². The molecule has 1 aliphatic carbocycles. The molecule has 9 nitrogen and oxygen atoms in total. The summed E-state index contributed by atoms with van der Waals surface area (Å²) < 4.78 is 22.6. The number of benzene rings is 1. The molecule has 0 aromatic heterocycles. The molecule has 0 radical (unpaired) electrons. The van der Waals surface area contributed by atoms with Crippen molar-refractivity contribution in [3.8, 4) is 5.75 Å². The molecule has 0 amide bonds. The molecule has 1 N–H and O–H groups in total. The van der Waals surface area contributed by atoms with E-state index >= 15 is 0 Å². The highest BCUT2D eigenvalue weighted by molar-refractivity contribution is 5.64. The van der Waals surface area contributed by atoms with Gasteiger partial charge in [-0.05, 0) is 50.7 Å². The van der Waals surface area contributed by atoms with Gasteiger partial charge in [0.05, 0.1) is 23.2 Å². The molecule has 3 rings (SSSR count). The number of non-ortho nitro benzene ring substituents is 1. The summed E-state index contributed by atoms with van der Waals surface area (Å²) >= 11 is 0. The van der Waals surface area contributed by atoms with Gasteiger partial charge in [0, 0.05) is 25.2 Å². The summed E-state index contributed by atoms with van der Waals surface area (Å²) in [6.45, 7) is 8.55. The second-order valence-corrected chi connectivity index (χ2v) is 9.68. The van der Waals surface area contributed by atoms with E-state index in [1.54, 1.807) is 7.11 Å². The average molecular weight is 464 g/mol. The van der Waals surface area contributed by atoms with Crippen molar-refractivity contribution < 1.29 is 33.8 Å². The van der Waals surface area contributed by atoms with E-state index in [-0.39, 0.29) is 17.4 Å². The number of aliphatic hydroxyl groups excluding tert-OH is 1. The van der Waals surface area contributed by atoms with Crippen molar-refractivity contribution in [3.63, 3.8) is 0 Å². The van der Waals surface area contributed by atoms with Crippen LogP contribution < -0.4 is 4.74 Å². The van der Waals surface area contributed by atoms with E-state index in [9.17, 15) is 20.0 Å². The first-order valence-corrected chi connectivity index (χ1v) is 11.1. The van der Waals surface area contributed by atoms with Crippen LogP contribution in [0.25, 0.3) is 0 Å². The number of carbonyl (C=O) groups is 1. The Morgan fingerprint density at radius 2 is 2.00 bits per heavy atom. The zero-order valence-corrected chi connectivity index (χ0v) is 19.8. The predicted octanol–water partition coefficient (Wildman–Crippen LogP) is 4.42. The number of nitro groups is 1. The van der Waals surface area contributed by atoms with Gasteiger partial charge in [0.1, 0.15) is 18.0 Å². The molecule has 182 valence electrons. The Hall–Kier alpha value is -2.49. The third-order valence-electron chi connectivity index (χ3n) is 6.81. The fourth-order valence-corrected chi connectivity index (χ4v) is 4.89. The summed E-state index contributed by atoms with van der Waals surface area (Å²) in [5.74, 6) is -0.0621. The van der Waals surface area contributed by atoms with Gasteiger partial charge in [-0.2, -0.15) is 0 Å². The first kappa shape index (κ1) is 25.1. The SMILES string of the molecule is CO[C@@H]1[C@H](OC(=O)Oc2ccc([N+](=O)[O-])cc2)CCC2(CO2)[C@H]1C(C)(C)[C@H](O)CC=C(C)C. The molecule has 1 aromatic carbocycles. The van der Waals surface area contributed by atoms with Crippen molar-refractivity contribution in [2.45, 2.75) is 70.9 Å². The zero-order valence-electron chi connectivity index (χ0n) is 19.8. The van der Waals surface area contributed by atoms with Gasteiger partial charge in [0.2, 0.25) is 0 Å². The lowest BCUT2D eigenvalue weighted by molar-refractivity contribution is -0.384. The molecule has 1 heterocycles.